The van der Waals surface area contributed by atoms with E-state index in [1.54, 1.807) is 17.0 Å². The summed E-state index contributed by atoms with van der Waals surface area (Å²) in [5.41, 5.74) is 3.01. The van der Waals surface area contributed by atoms with Gasteiger partial charge in [0.2, 0.25) is 11.8 Å². The van der Waals surface area contributed by atoms with E-state index in [4.69, 9.17) is 11.6 Å². The Morgan fingerprint density at radius 1 is 1.03 bits per heavy atom. The second-order valence-electron chi connectivity index (χ2n) is 7.56. The van der Waals surface area contributed by atoms with E-state index >= 15 is 0 Å². The fourth-order valence-electron chi connectivity index (χ4n) is 3.25. The molecule has 2 rings (SSSR count). The van der Waals surface area contributed by atoms with Crippen LogP contribution in [0.5, 0.6) is 0 Å². The lowest BCUT2D eigenvalue weighted by Crippen LogP contribution is -2.51. The Labute approximate surface area is 179 Å². The zero-order chi connectivity index (χ0) is 21.4. The van der Waals surface area contributed by atoms with Gasteiger partial charge in [0, 0.05) is 17.6 Å². The van der Waals surface area contributed by atoms with Gasteiger partial charge in [-0.1, -0.05) is 67.4 Å². The molecule has 5 heteroatoms. The number of nitrogens with one attached hydrogen (secondary N) is 1. The van der Waals surface area contributed by atoms with Crippen LogP contribution in [-0.4, -0.2) is 28.8 Å². The molecular weight excluding hydrogens is 384 g/mol. The van der Waals surface area contributed by atoms with E-state index in [0.717, 1.165) is 23.1 Å². The van der Waals surface area contributed by atoms with Gasteiger partial charge in [-0.15, -0.1) is 0 Å². The molecule has 1 N–H and O–H groups in total. The van der Waals surface area contributed by atoms with Crippen molar-refractivity contribution in [1.29, 1.82) is 0 Å². The molecule has 2 aromatic rings. The van der Waals surface area contributed by atoms with Crippen LogP contribution in [-0.2, 0) is 22.6 Å². The number of carbonyl (C=O) groups is 2. The first kappa shape index (κ1) is 23.0. The largest absolute Gasteiger partial charge is 0.352 e. The van der Waals surface area contributed by atoms with Gasteiger partial charge in [-0.25, -0.2) is 0 Å². The molecule has 0 saturated carbocycles. The minimum atomic E-state index is -0.517. The molecule has 0 spiro atoms. The van der Waals surface area contributed by atoms with Crippen molar-refractivity contribution in [3.8, 4) is 0 Å². The van der Waals surface area contributed by atoms with Gasteiger partial charge in [0.15, 0.2) is 0 Å². The zero-order valence-electron chi connectivity index (χ0n) is 17.7. The van der Waals surface area contributed by atoms with Crippen LogP contribution in [0.1, 0.15) is 50.3 Å². The Kier molecular flexibility index (Phi) is 8.71. The zero-order valence-corrected chi connectivity index (χ0v) is 18.5. The van der Waals surface area contributed by atoms with E-state index < -0.39 is 6.04 Å². The number of hydrogen-bond acceptors (Lipinski definition) is 2. The summed E-state index contributed by atoms with van der Waals surface area (Å²) in [6.45, 7) is 8.32. The van der Waals surface area contributed by atoms with Crippen LogP contribution in [0.4, 0.5) is 0 Å². The summed E-state index contributed by atoms with van der Waals surface area (Å²) < 4.78 is 0. The monoisotopic (exact) mass is 414 g/mol. The molecule has 156 valence electrons. The van der Waals surface area contributed by atoms with E-state index in [1.807, 2.05) is 64.1 Å². The van der Waals surface area contributed by atoms with Crippen LogP contribution in [0.2, 0.25) is 5.02 Å². The standard InChI is InChI=1S/C24H31ClN2O2/c1-5-18(4)26-24(29)22(6-2)27(16-19-10-12-21(25)13-11-19)23(28)15-20-9-7-8-17(3)14-20/h7-14,18,22H,5-6,15-16H2,1-4H3,(H,26,29)/t18-,22+/m0/s1. The van der Waals surface area contributed by atoms with E-state index in [-0.39, 0.29) is 24.3 Å². The molecule has 0 aliphatic carbocycles. The molecule has 0 saturated heterocycles. The number of amides is 2. The molecule has 2 aromatic carbocycles. The van der Waals surface area contributed by atoms with Crippen molar-refractivity contribution in [2.75, 3.05) is 0 Å². The van der Waals surface area contributed by atoms with Crippen LogP contribution in [0, 0.1) is 6.92 Å². The fraction of sp³-hybridized carbons (Fsp3) is 0.417. The highest BCUT2D eigenvalue weighted by Crippen LogP contribution is 2.17. The second-order valence-corrected chi connectivity index (χ2v) is 7.99. The van der Waals surface area contributed by atoms with E-state index in [0.29, 0.717) is 18.0 Å². The van der Waals surface area contributed by atoms with Crippen molar-refractivity contribution in [1.82, 2.24) is 10.2 Å². The van der Waals surface area contributed by atoms with Gasteiger partial charge in [-0.3, -0.25) is 9.59 Å². The summed E-state index contributed by atoms with van der Waals surface area (Å²) in [4.78, 5) is 27.9. The number of hydrogen-bond donors (Lipinski definition) is 1. The number of carbonyl (C=O) groups excluding carboxylic acids is 2. The lowest BCUT2D eigenvalue weighted by molar-refractivity contribution is -0.141. The number of aryl methyl sites for hydroxylation is 1. The highest BCUT2D eigenvalue weighted by Gasteiger charge is 2.29. The number of nitrogens with zero attached hydrogens (tertiary/aromatic N) is 1. The Balaban J connectivity index is 2.28. The molecule has 0 aliphatic heterocycles. The molecular formula is C24H31ClN2O2. The average molecular weight is 415 g/mol. The normalized spacial score (nSPS) is 12.9. The molecule has 0 aromatic heterocycles. The molecule has 2 atom stereocenters. The number of halogens is 1. The van der Waals surface area contributed by atoms with Crippen LogP contribution < -0.4 is 5.32 Å². The Bertz CT molecular complexity index is 820. The number of benzene rings is 2. The molecule has 0 heterocycles. The molecule has 0 aliphatic rings. The van der Waals surface area contributed by atoms with Crippen molar-refractivity contribution >= 4 is 23.4 Å². The van der Waals surface area contributed by atoms with Gasteiger partial charge >= 0.3 is 0 Å². The first-order valence-corrected chi connectivity index (χ1v) is 10.6. The fourth-order valence-corrected chi connectivity index (χ4v) is 3.37. The van der Waals surface area contributed by atoms with Gasteiger partial charge in [-0.2, -0.15) is 0 Å². The van der Waals surface area contributed by atoms with Gasteiger partial charge in [0.05, 0.1) is 6.42 Å². The summed E-state index contributed by atoms with van der Waals surface area (Å²) in [5, 5.41) is 3.68. The summed E-state index contributed by atoms with van der Waals surface area (Å²) in [5.74, 6) is -0.162. The topological polar surface area (TPSA) is 49.4 Å². The number of rotatable bonds is 9. The molecule has 2 amide bonds. The van der Waals surface area contributed by atoms with Crippen LogP contribution in [0.15, 0.2) is 48.5 Å². The molecule has 0 fully saturated rings. The minimum absolute atomic E-state index is 0.0586. The lowest BCUT2D eigenvalue weighted by Gasteiger charge is -2.31. The van der Waals surface area contributed by atoms with Gasteiger partial charge < -0.3 is 10.2 Å². The third kappa shape index (κ3) is 6.90. The third-order valence-corrected chi connectivity index (χ3v) is 5.34. The van der Waals surface area contributed by atoms with E-state index in [1.165, 1.54) is 0 Å². The van der Waals surface area contributed by atoms with Crippen molar-refractivity contribution in [3.63, 3.8) is 0 Å². The second kappa shape index (κ2) is 11.0. The maximum Gasteiger partial charge on any atom is 0.243 e. The van der Waals surface area contributed by atoms with Crippen LogP contribution >= 0.6 is 11.6 Å². The first-order valence-electron chi connectivity index (χ1n) is 10.2. The maximum atomic E-state index is 13.3. The SMILES string of the molecule is CC[C@H](C(=O)N[C@@H](C)CC)N(Cc1ccc(Cl)cc1)C(=O)Cc1cccc(C)c1. The summed E-state index contributed by atoms with van der Waals surface area (Å²) in [6, 6.07) is 14.9. The van der Waals surface area contributed by atoms with Gasteiger partial charge in [-0.05, 0) is 49.9 Å². The van der Waals surface area contributed by atoms with E-state index in [2.05, 4.69) is 5.32 Å². The summed E-state index contributed by atoms with van der Waals surface area (Å²) in [6.07, 6.45) is 1.66. The minimum Gasteiger partial charge on any atom is -0.352 e. The Hall–Kier alpha value is -2.33. The lowest BCUT2D eigenvalue weighted by atomic mass is 10.0. The molecule has 29 heavy (non-hydrogen) atoms. The van der Waals surface area contributed by atoms with E-state index in [9.17, 15) is 9.59 Å². The van der Waals surface area contributed by atoms with Crippen molar-refractivity contribution in [2.24, 2.45) is 0 Å². The van der Waals surface area contributed by atoms with Crippen molar-refractivity contribution in [3.05, 3.63) is 70.2 Å². The Morgan fingerprint density at radius 2 is 1.72 bits per heavy atom. The van der Waals surface area contributed by atoms with Crippen LogP contribution in [0.3, 0.4) is 0 Å². The van der Waals surface area contributed by atoms with Gasteiger partial charge in [0.25, 0.3) is 0 Å². The van der Waals surface area contributed by atoms with Crippen molar-refractivity contribution < 1.29 is 9.59 Å². The maximum absolute atomic E-state index is 13.3. The molecule has 0 bridgehead atoms. The predicted octanol–water partition coefficient (Wildman–Crippen LogP) is 4.91. The van der Waals surface area contributed by atoms with Crippen molar-refractivity contribution in [2.45, 2.75) is 65.6 Å². The predicted molar refractivity (Wildman–Crippen MR) is 119 cm³/mol. The Morgan fingerprint density at radius 3 is 2.31 bits per heavy atom. The quantitative estimate of drug-likeness (QED) is 0.633. The molecule has 4 nitrogen and oxygen atoms in total. The average Bonchev–Trinajstić information content (AvgIpc) is 2.69. The summed E-state index contributed by atoms with van der Waals surface area (Å²) in [7, 11) is 0. The first-order chi connectivity index (χ1) is 13.8. The third-order valence-electron chi connectivity index (χ3n) is 5.09. The highest BCUT2D eigenvalue weighted by atomic mass is 35.5. The molecule has 0 radical (unpaired) electrons. The molecule has 0 unspecified atom stereocenters. The van der Waals surface area contributed by atoms with Crippen LogP contribution in [0.25, 0.3) is 0 Å². The summed E-state index contributed by atoms with van der Waals surface area (Å²) >= 11 is 6.00. The van der Waals surface area contributed by atoms with Gasteiger partial charge in [0.1, 0.15) is 6.04 Å². The highest BCUT2D eigenvalue weighted by molar-refractivity contribution is 6.30. The smallest absolute Gasteiger partial charge is 0.243 e.